The first-order valence-electron chi connectivity index (χ1n) is 5.63. The molecule has 0 bridgehead atoms. The maximum Gasteiger partial charge on any atom is 0.0366 e. The van der Waals surface area contributed by atoms with E-state index in [9.17, 15) is 0 Å². The maximum atomic E-state index is 3.21. The van der Waals surface area contributed by atoms with Gasteiger partial charge >= 0.3 is 0 Å². The lowest BCUT2D eigenvalue weighted by molar-refractivity contribution is 0.737. The minimum atomic E-state index is 0.994. The van der Waals surface area contributed by atoms with Crippen LogP contribution in [0, 0.1) is 18.8 Å². The van der Waals surface area contributed by atoms with Gasteiger partial charge in [0.25, 0.3) is 0 Å². The average molecular weight is 199 g/mol. The highest BCUT2D eigenvalue weighted by Crippen LogP contribution is 2.16. The third-order valence-electron chi connectivity index (χ3n) is 2.76. The van der Waals surface area contributed by atoms with E-state index in [1.54, 1.807) is 0 Å². The monoisotopic (exact) mass is 199 g/mol. The van der Waals surface area contributed by atoms with E-state index in [0.29, 0.717) is 0 Å². The summed E-state index contributed by atoms with van der Waals surface area (Å²) in [5.74, 6) is 6.40. The molecule has 1 aromatic rings. The van der Waals surface area contributed by atoms with E-state index >= 15 is 0 Å². The highest BCUT2D eigenvalue weighted by Gasteiger charge is 2.05. The SMILES string of the molecule is Cc1ccc(N2CCC#CCCC2)cc1. The largest absolute Gasteiger partial charge is 0.371 e. The predicted molar refractivity (Wildman–Crippen MR) is 65.0 cm³/mol. The van der Waals surface area contributed by atoms with Gasteiger partial charge in [-0.2, -0.15) is 0 Å². The third kappa shape index (κ3) is 2.76. The van der Waals surface area contributed by atoms with Crippen molar-refractivity contribution in [3.05, 3.63) is 29.8 Å². The summed E-state index contributed by atoms with van der Waals surface area (Å²) >= 11 is 0. The zero-order valence-corrected chi connectivity index (χ0v) is 9.29. The molecule has 0 saturated carbocycles. The lowest BCUT2D eigenvalue weighted by atomic mass is 10.1. The minimum absolute atomic E-state index is 0.994. The van der Waals surface area contributed by atoms with E-state index in [0.717, 1.165) is 25.9 Å². The summed E-state index contributed by atoms with van der Waals surface area (Å²) in [6.45, 7) is 4.33. The topological polar surface area (TPSA) is 3.24 Å². The van der Waals surface area contributed by atoms with Gasteiger partial charge in [-0.05, 0) is 25.5 Å². The summed E-state index contributed by atoms with van der Waals surface area (Å²) in [6.07, 6.45) is 3.22. The van der Waals surface area contributed by atoms with Gasteiger partial charge in [0.05, 0.1) is 0 Å². The van der Waals surface area contributed by atoms with Gasteiger partial charge in [-0.1, -0.05) is 17.7 Å². The Kier molecular flexibility index (Phi) is 3.29. The van der Waals surface area contributed by atoms with Crippen LogP contribution in [0.5, 0.6) is 0 Å². The van der Waals surface area contributed by atoms with Gasteiger partial charge < -0.3 is 4.90 Å². The molecule has 2 rings (SSSR count). The molecule has 0 radical (unpaired) electrons. The standard InChI is InChI=1S/C14H17N/c1-13-7-9-14(10-8-13)15-11-5-3-2-4-6-12-15/h7-10H,3,5-6,11-12H2,1H3. The summed E-state index contributed by atoms with van der Waals surface area (Å²) < 4.78 is 0. The molecule has 1 nitrogen and oxygen atoms in total. The predicted octanol–water partition coefficient (Wildman–Crippen LogP) is 2.99. The molecule has 0 unspecified atom stereocenters. The average Bonchev–Trinajstić information content (AvgIpc) is 2.19. The number of benzene rings is 1. The summed E-state index contributed by atoms with van der Waals surface area (Å²) in [4.78, 5) is 2.44. The van der Waals surface area contributed by atoms with Crippen LogP contribution in [0.25, 0.3) is 0 Å². The highest BCUT2D eigenvalue weighted by molar-refractivity contribution is 5.47. The molecule has 0 aliphatic carbocycles. The lowest BCUT2D eigenvalue weighted by Gasteiger charge is -2.24. The second kappa shape index (κ2) is 4.89. The van der Waals surface area contributed by atoms with E-state index in [4.69, 9.17) is 0 Å². The van der Waals surface area contributed by atoms with E-state index in [1.807, 2.05) is 0 Å². The van der Waals surface area contributed by atoms with Gasteiger partial charge in [0.2, 0.25) is 0 Å². The van der Waals surface area contributed by atoms with Crippen molar-refractivity contribution in [2.75, 3.05) is 18.0 Å². The van der Waals surface area contributed by atoms with Crippen molar-refractivity contribution >= 4 is 5.69 Å². The van der Waals surface area contributed by atoms with Crippen molar-refractivity contribution in [2.45, 2.75) is 26.2 Å². The molecular weight excluding hydrogens is 182 g/mol. The van der Waals surface area contributed by atoms with Crippen molar-refractivity contribution in [1.29, 1.82) is 0 Å². The number of anilines is 1. The summed E-state index contributed by atoms with van der Waals surface area (Å²) in [6, 6.07) is 8.79. The van der Waals surface area contributed by atoms with Crippen LogP contribution in [0.1, 0.15) is 24.8 Å². The Bertz CT molecular complexity index is 367. The molecule has 1 aliphatic rings. The van der Waals surface area contributed by atoms with Crippen molar-refractivity contribution in [3.8, 4) is 11.8 Å². The van der Waals surface area contributed by atoms with Crippen LogP contribution in [0.2, 0.25) is 0 Å². The normalized spacial score (nSPS) is 16.2. The number of nitrogens with zero attached hydrogens (tertiary/aromatic N) is 1. The molecule has 1 aromatic carbocycles. The first-order chi connectivity index (χ1) is 7.36. The van der Waals surface area contributed by atoms with Crippen LogP contribution in [-0.4, -0.2) is 13.1 Å². The number of hydrogen-bond donors (Lipinski definition) is 0. The highest BCUT2D eigenvalue weighted by atomic mass is 15.1. The van der Waals surface area contributed by atoms with Gasteiger partial charge in [0.1, 0.15) is 0 Å². The smallest absolute Gasteiger partial charge is 0.0366 e. The molecule has 0 fully saturated rings. The van der Waals surface area contributed by atoms with E-state index in [2.05, 4.69) is 47.9 Å². The van der Waals surface area contributed by atoms with Crippen molar-refractivity contribution in [2.24, 2.45) is 0 Å². The van der Waals surface area contributed by atoms with E-state index in [1.165, 1.54) is 17.7 Å². The number of rotatable bonds is 1. The van der Waals surface area contributed by atoms with Crippen molar-refractivity contribution in [3.63, 3.8) is 0 Å². The summed E-state index contributed by atoms with van der Waals surface area (Å²) in [5, 5.41) is 0. The molecule has 15 heavy (non-hydrogen) atoms. The van der Waals surface area contributed by atoms with Crippen molar-refractivity contribution in [1.82, 2.24) is 0 Å². The van der Waals surface area contributed by atoms with Crippen LogP contribution in [0.3, 0.4) is 0 Å². The molecule has 1 aliphatic heterocycles. The van der Waals surface area contributed by atoms with Gasteiger partial charge in [0.15, 0.2) is 0 Å². The molecule has 0 amide bonds. The van der Waals surface area contributed by atoms with Crippen molar-refractivity contribution < 1.29 is 0 Å². The molecule has 0 saturated heterocycles. The fourth-order valence-corrected chi connectivity index (χ4v) is 1.85. The fourth-order valence-electron chi connectivity index (χ4n) is 1.85. The zero-order valence-electron chi connectivity index (χ0n) is 9.29. The van der Waals surface area contributed by atoms with Gasteiger partial charge in [0, 0.05) is 31.6 Å². The Labute approximate surface area is 92.1 Å². The fraction of sp³-hybridized carbons (Fsp3) is 0.429. The van der Waals surface area contributed by atoms with Gasteiger partial charge in [-0.15, -0.1) is 11.8 Å². The first kappa shape index (κ1) is 10.1. The molecule has 0 N–H and O–H groups in total. The Morgan fingerprint density at radius 3 is 2.53 bits per heavy atom. The second-order valence-corrected chi connectivity index (χ2v) is 4.03. The van der Waals surface area contributed by atoms with Crippen LogP contribution in [0.4, 0.5) is 5.69 Å². The third-order valence-corrected chi connectivity index (χ3v) is 2.76. The molecule has 0 aromatic heterocycles. The second-order valence-electron chi connectivity index (χ2n) is 4.03. The molecule has 78 valence electrons. The Balaban J connectivity index is 2.09. The van der Waals surface area contributed by atoms with Crippen LogP contribution in [-0.2, 0) is 0 Å². The van der Waals surface area contributed by atoms with Crippen LogP contribution in [0.15, 0.2) is 24.3 Å². The number of aryl methyl sites for hydroxylation is 1. The first-order valence-corrected chi connectivity index (χ1v) is 5.63. The quantitative estimate of drug-likeness (QED) is 0.628. The molecule has 1 heteroatoms. The molecule has 0 atom stereocenters. The van der Waals surface area contributed by atoms with Gasteiger partial charge in [-0.25, -0.2) is 0 Å². The van der Waals surface area contributed by atoms with Crippen LogP contribution >= 0.6 is 0 Å². The Morgan fingerprint density at radius 2 is 1.73 bits per heavy atom. The summed E-state index contributed by atoms with van der Waals surface area (Å²) in [5.41, 5.74) is 2.66. The van der Waals surface area contributed by atoms with Gasteiger partial charge in [-0.3, -0.25) is 0 Å². The molecule has 0 spiro atoms. The number of hydrogen-bond acceptors (Lipinski definition) is 1. The van der Waals surface area contributed by atoms with E-state index in [-0.39, 0.29) is 0 Å². The zero-order chi connectivity index (χ0) is 10.5. The lowest BCUT2D eigenvalue weighted by Crippen LogP contribution is -2.26. The van der Waals surface area contributed by atoms with E-state index < -0.39 is 0 Å². The Hall–Kier alpha value is -1.42. The Morgan fingerprint density at radius 1 is 1.00 bits per heavy atom. The minimum Gasteiger partial charge on any atom is -0.371 e. The maximum absolute atomic E-state index is 3.21. The molecular formula is C14H17N. The summed E-state index contributed by atoms with van der Waals surface area (Å²) in [7, 11) is 0. The molecule has 1 heterocycles. The van der Waals surface area contributed by atoms with Crippen LogP contribution < -0.4 is 4.90 Å².